The van der Waals surface area contributed by atoms with Crippen molar-refractivity contribution in [2.24, 2.45) is 41.5 Å². The average molecular weight is 574 g/mol. The molecule has 0 radical (unpaired) electrons. The summed E-state index contributed by atoms with van der Waals surface area (Å²) in [6.45, 7) is 7.28. The number of methoxy groups -OCH3 is 1. The van der Waals surface area contributed by atoms with Crippen LogP contribution in [-0.2, 0) is 13.5 Å². The van der Waals surface area contributed by atoms with Crippen LogP contribution in [0.4, 0.5) is 0 Å². The van der Waals surface area contributed by atoms with Crippen LogP contribution in [0.3, 0.4) is 0 Å². The van der Waals surface area contributed by atoms with Crippen LogP contribution in [0.1, 0.15) is 94.2 Å². The highest BCUT2D eigenvalue weighted by Gasteiger charge is 2.61. The van der Waals surface area contributed by atoms with E-state index in [1.165, 1.54) is 52.4 Å². The number of fused-ring (bicyclic) bond motifs is 8. The fourth-order valence-corrected chi connectivity index (χ4v) is 10.9. The summed E-state index contributed by atoms with van der Waals surface area (Å²) in [6, 6.07) is 15.6. The molecule has 0 amide bonds. The maximum atomic E-state index is 12.3. The van der Waals surface area contributed by atoms with Gasteiger partial charge in [-0.15, -0.1) is 0 Å². The van der Waals surface area contributed by atoms with Gasteiger partial charge in [0.25, 0.3) is 0 Å². The first-order chi connectivity index (χ1) is 20.6. The monoisotopic (exact) mass is 573 g/mol. The molecule has 0 aliphatic heterocycles. The van der Waals surface area contributed by atoms with Gasteiger partial charge in [0.1, 0.15) is 11.4 Å². The Morgan fingerprint density at radius 3 is 2.65 bits per heavy atom. The first-order valence-electron chi connectivity index (χ1n) is 16.8. The number of aliphatic hydroxyl groups is 1. The zero-order valence-electron chi connectivity index (χ0n) is 26.6. The summed E-state index contributed by atoms with van der Waals surface area (Å²) in [6.07, 6.45) is 13.5. The quantitative estimate of drug-likeness (QED) is 0.312. The Bertz CT molecular complexity index is 1700. The lowest BCUT2D eigenvalue weighted by atomic mass is 9.44. The maximum Gasteiger partial charge on any atom is 0.131 e. The number of benzene rings is 2. The Hall–Kier alpha value is -2.96. The molecule has 1 aromatic heterocycles. The third kappa shape index (κ3) is 3.84. The molecule has 2 bridgehead atoms. The molecule has 2 aromatic carbocycles. The number of hydrogen-bond acceptors (Lipinski definition) is 2. The van der Waals surface area contributed by atoms with Gasteiger partial charge in [0.05, 0.1) is 7.11 Å². The zero-order valence-corrected chi connectivity index (χ0v) is 26.6. The van der Waals surface area contributed by atoms with Gasteiger partial charge in [-0.3, -0.25) is 0 Å². The Balaban J connectivity index is 1.11. The average Bonchev–Trinajstić information content (AvgIpc) is 3.49. The van der Waals surface area contributed by atoms with E-state index in [2.05, 4.69) is 99.0 Å². The zero-order chi connectivity index (χ0) is 29.7. The Morgan fingerprint density at radius 1 is 1.00 bits per heavy atom. The van der Waals surface area contributed by atoms with Gasteiger partial charge in [-0.1, -0.05) is 62.5 Å². The fraction of sp³-hybridized carbons (Fsp3) is 0.550. The van der Waals surface area contributed by atoms with Crippen LogP contribution in [0.15, 0.2) is 60.3 Å². The van der Waals surface area contributed by atoms with E-state index in [0.29, 0.717) is 35.0 Å². The predicted octanol–water partition coefficient (Wildman–Crippen LogP) is 8.55. The Kier molecular flexibility index (Phi) is 6.10. The molecule has 0 spiro atoms. The predicted molar refractivity (Wildman–Crippen MR) is 174 cm³/mol. The number of nitrogens with zero attached hydrogens (tertiary/aromatic N) is 1. The van der Waals surface area contributed by atoms with Crippen molar-refractivity contribution in [3.63, 3.8) is 0 Å². The van der Waals surface area contributed by atoms with Gasteiger partial charge in [0.2, 0.25) is 0 Å². The first-order valence-corrected chi connectivity index (χ1v) is 16.8. The highest BCUT2D eigenvalue weighted by molar-refractivity contribution is 5.85. The standard InChI is InChI=1S/C40H47NO2/c1-38(2)26-22-33(34-24-41(4)37-11-7-6-9-32(34)37)30(36(38)23-26)10-8-18-40(42)20-17-35-31-14-12-25-21-27(43-5)13-15-28(25)29(31)16-19-39(35,40)3/h6-7,9-11,13,15,21,24,26,29,31,33,35-36,42H,12,14,16-17,19-20,22-23H2,1-5H3/b30-10-/t26-,29+,31+,33-,35-,36-,39-,40-/m0/s1. The number of allylic oxidation sites excluding steroid dienone is 2. The van der Waals surface area contributed by atoms with Crippen molar-refractivity contribution >= 4 is 10.9 Å². The summed E-state index contributed by atoms with van der Waals surface area (Å²) in [5.74, 6) is 11.6. The van der Waals surface area contributed by atoms with Gasteiger partial charge in [-0.2, -0.15) is 0 Å². The summed E-state index contributed by atoms with van der Waals surface area (Å²) in [4.78, 5) is 0. The smallest absolute Gasteiger partial charge is 0.131 e. The second-order valence-corrected chi connectivity index (χ2v) is 15.6. The van der Waals surface area contributed by atoms with Crippen molar-refractivity contribution in [3.8, 4) is 17.6 Å². The highest BCUT2D eigenvalue weighted by Crippen LogP contribution is 2.66. The minimum Gasteiger partial charge on any atom is -0.497 e. The summed E-state index contributed by atoms with van der Waals surface area (Å²) < 4.78 is 7.82. The van der Waals surface area contributed by atoms with Crippen LogP contribution in [0.2, 0.25) is 0 Å². The van der Waals surface area contributed by atoms with Crippen molar-refractivity contribution in [2.45, 2.75) is 89.6 Å². The molecule has 6 aliphatic carbocycles. The topological polar surface area (TPSA) is 34.4 Å². The van der Waals surface area contributed by atoms with E-state index >= 15 is 0 Å². The molecule has 8 atom stereocenters. The van der Waals surface area contributed by atoms with Gasteiger partial charge >= 0.3 is 0 Å². The van der Waals surface area contributed by atoms with Crippen molar-refractivity contribution in [1.29, 1.82) is 0 Å². The van der Waals surface area contributed by atoms with Crippen LogP contribution in [-0.4, -0.2) is 22.4 Å². The van der Waals surface area contributed by atoms with Gasteiger partial charge in [-0.05, 0) is 127 Å². The Labute approximate surface area is 257 Å². The fourth-order valence-electron chi connectivity index (χ4n) is 10.9. The lowest BCUT2D eigenvalue weighted by Gasteiger charge is -2.60. The molecular weight excluding hydrogens is 526 g/mol. The van der Waals surface area contributed by atoms with E-state index in [0.717, 1.165) is 43.8 Å². The van der Waals surface area contributed by atoms with E-state index in [1.807, 2.05) is 0 Å². The molecule has 6 aliphatic rings. The molecule has 1 N–H and O–H groups in total. The molecule has 5 saturated carbocycles. The Morgan fingerprint density at radius 2 is 1.84 bits per heavy atom. The van der Waals surface area contributed by atoms with E-state index in [9.17, 15) is 5.11 Å². The van der Waals surface area contributed by atoms with E-state index in [1.54, 1.807) is 7.11 Å². The van der Waals surface area contributed by atoms with Crippen LogP contribution < -0.4 is 4.74 Å². The third-order valence-corrected chi connectivity index (χ3v) is 13.7. The number of aryl methyl sites for hydroxylation is 2. The van der Waals surface area contributed by atoms with Crippen molar-refractivity contribution in [3.05, 3.63) is 77.0 Å². The minimum absolute atomic E-state index is 0.147. The molecular formula is C40H47NO2. The summed E-state index contributed by atoms with van der Waals surface area (Å²) in [7, 11) is 3.93. The van der Waals surface area contributed by atoms with E-state index in [4.69, 9.17) is 4.74 Å². The highest BCUT2D eigenvalue weighted by atomic mass is 16.5. The summed E-state index contributed by atoms with van der Waals surface area (Å²) in [5, 5.41) is 13.7. The molecule has 1 heterocycles. The van der Waals surface area contributed by atoms with Crippen LogP contribution >= 0.6 is 0 Å². The second kappa shape index (κ2) is 9.52. The molecule has 5 fully saturated rings. The van der Waals surface area contributed by atoms with Gasteiger partial charge < -0.3 is 14.4 Å². The second-order valence-electron chi connectivity index (χ2n) is 15.6. The normalized spacial score (nSPS) is 38.0. The molecule has 3 heteroatoms. The largest absolute Gasteiger partial charge is 0.497 e. The van der Waals surface area contributed by atoms with Gasteiger partial charge in [0.15, 0.2) is 0 Å². The number of aromatic nitrogens is 1. The molecule has 0 unspecified atom stereocenters. The number of para-hydroxylation sites is 1. The van der Waals surface area contributed by atoms with Crippen molar-refractivity contribution in [2.75, 3.05) is 7.11 Å². The van der Waals surface area contributed by atoms with Crippen LogP contribution in [0.5, 0.6) is 5.75 Å². The lowest BCUT2D eigenvalue weighted by Crippen LogP contribution is -2.51. The number of hydrogen-bond donors (Lipinski definition) is 1. The number of rotatable bonds is 2. The summed E-state index contributed by atoms with van der Waals surface area (Å²) >= 11 is 0. The lowest BCUT2D eigenvalue weighted by molar-refractivity contribution is -0.0647. The van der Waals surface area contributed by atoms with Crippen molar-refractivity contribution in [1.82, 2.24) is 4.57 Å². The van der Waals surface area contributed by atoms with Crippen LogP contribution in [0.25, 0.3) is 10.9 Å². The van der Waals surface area contributed by atoms with Crippen LogP contribution in [0, 0.1) is 46.3 Å². The van der Waals surface area contributed by atoms with Gasteiger partial charge in [0, 0.05) is 35.5 Å². The first kappa shape index (κ1) is 27.6. The van der Waals surface area contributed by atoms with Crippen molar-refractivity contribution < 1.29 is 9.84 Å². The number of ether oxygens (including phenoxy) is 1. The SMILES string of the molecule is COc1ccc2c(c1)CC[C@@H]1[C@@H]2CC[C@@]2(C)[C@H]1CC[C@@]2(O)C#C/C=C1/[C@@H](c2cn(C)c3ccccc23)C[C@H]2C[C@@H]1C2(C)C. The summed E-state index contributed by atoms with van der Waals surface area (Å²) in [5.41, 5.74) is 6.53. The van der Waals surface area contributed by atoms with E-state index in [-0.39, 0.29) is 5.41 Å². The molecule has 3 nitrogen and oxygen atoms in total. The molecule has 3 aromatic rings. The molecule has 224 valence electrons. The minimum atomic E-state index is -0.916. The van der Waals surface area contributed by atoms with E-state index < -0.39 is 5.60 Å². The van der Waals surface area contributed by atoms with Gasteiger partial charge in [-0.25, -0.2) is 0 Å². The molecule has 9 rings (SSSR count). The maximum absolute atomic E-state index is 12.3. The molecule has 0 saturated heterocycles. The molecule has 43 heavy (non-hydrogen) atoms. The third-order valence-electron chi connectivity index (χ3n) is 13.7.